The first-order valence-corrected chi connectivity index (χ1v) is 4.65. The number of urea groups is 1. The van der Waals surface area contributed by atoms with E-state index in [0.29, 0.717) is 19.3 Å². The van der Waals surface area contributed by atoms with Gasteiger partial charge in [0.15, 0.2) is 0 Å². The number of imide groups is 1. The molecule has 0 radical (unpaired) electrons. The number of nitrogens with zero attached hydrogens (tertiary/aromatic N) is 1. The molecule has 76 valence electrons. The lowest BCUT2D eigenvalue weighted by Crippen LogP contribution is -2.45. The number of carbonyl (C=O) groups excluding carboxylic acids is 3. The molecule has 0 aromatic heterocycles. The van der Waals surface area contributed by atoms with Crippen molar-refractivity contribution in [2.24, 2.45) is 5.92 Å². The number of aldehydes is 1. The van der Waals surface area contributed by atoms with Gasteiger partial charge in [-0.05, 0) is 19.3 Å². The summed E-state index contributed by atoms with van der Waals surface area (Å²) in [6.07, 6.45) is 2.61. The first-order chi connectivity index (χ1) is 6.60. The van der Waals surface area contributed by atoms with Crippen molar-refractivity contribution in [1.29, 1.82) is 0 Å². The molecule has 2 unspecified atom stereocenters. The molecular formula is C9H12N2O3. The van der Waals surface area contributed by atoms with Crippen LogP contribution >= 0.6 is 0 Å². The number of likely N-dealkylation sites (N-methyl/N-ethyl adjacent to an activating group) is 1. The molecule has 2 rings (SSSR count). The van der Waals surface area contributed by atoms with E-state index in [1.807, 2.05) is 0 Å². The molecule has 0 aromatic carbocycles. The van der Waals surface area contributed by atoms with E-state index in [0.717, 1.165) is 6.29 Å². The first-order valence-electron chi connectivity index (χ1n) is 4.65. The van der Waals surface area contributed by atoms with E-state index in [-0.39, 0.29) is 17.9 Å². The minimum absolute atomic E-state index is 0.0888. The van der Waals surface area contributed by atoms with Gasteiger partial charge < -0.3 is 9.69 Å². The van der Waals surface area contributed by atoms with E-state index in [9.17, 15) is 14.4 Å². The second-order valence-electron chi connectivity index (χ2n) is 3.99. The molecule has 1 saturated carbocycles. The maximum atomic E-state index is 11.6. The van der Waals surface area contributed by atoms with E-state index in [2.05, 4.69) is 5.32 Å². The quantitative estimate of drug-likeness (QED) is 0.470. The molecule has 5 nitrogen and oxygen atoms in total. The Bertz CT molecular complexity index is 315. The van der Waals surface area contributed by atoms with Crippen LogP contribution in [0.25, 0.3) is 0 Å². The maximum Gasteiger partial charge on any atom is 0.324 e. The van der Waals surface area contributed by atoms with Gasteiger partial charge in [-0.2, -0.15) is 0 Å². The van der Waals surface area contributed by atoms with E-state index in [1.54, 1.807) is 7.05 Å². The van der Waals surface area contributed by atoms with Gasteiger partial charge in [-0.1, -0.05) is 0 Å². The zero-order valence-corrected chi connectivity index (χ0v) is 7.95. The molecule has 2 atom stereocenters. The van der Waals surface area contributed by atoms with Crippen molar-refractivity contribution < 1.29 is 14.4 Å². The van der Waals surface area contributed by atoms with Crippen molar-refractivity contribution in [3.8, 4) is 0 Å². The van der Waals surface area contributed by atoms with Gasteiger partial charge >= 0.3 is 6.03 Å². The summed E-state index contributed by atoms with van der Waals surface area (Å²) in [5.74, 6) is -0.344. The lowest BCUT2D eigenvalue weighted by atomic mass is 9.95. The molecule has 5 heteroatoms. The van der Waals surface area contributed by atoms with Gasteiger partial charge in [0.1, 0.15) is 11.8 Å². The predicted molar refractivity (Wildman–Crippen MR) is 47.4 cm³/mol. The van der Waals surface area contributed by atoms with Gasteiger partial charge in [-0.25, -0.2) is 4.79 Å². The van der Waals surface area contributed by atoms with Crippen LogP contribution < -0.4 is 5.32 Å². The second-order valence-corrected chi connectivity index (χ2v) is 3.99. The molecule has 1 heterocycles. The summed E-state index contributed by atoms with van der Waals surface area (Å²) < 4.78 is 0. The van der Waals surface area contributed by atoms with Crippen molar-refractivity contribution in [2.75, 3.05) is 7.05 Å². The Hall–Kier alpha value is -1.39. The van der Waals surface area contributed by atoms with E-state index in [1.165, 1.54) is 4.90 Å². The average Bonchev–Trinajstić information content (AvgIpc) is 2.68. The normalized spacial score (nSPS) is 36.6. The van der Waals surface area contributed by atoms with Crippen molar-refractivity contribution >= 4 is 18.2 Å². The second kappa shape index (κ2) is 2.80. The molecule has 0 aromatic rings. The molecule has 1 spiro atoms. The third-order valence-electron chi connectivity index (χ3n) is 3.31. The van der Waals surface area contributed by atoms with Crippen LogP contribution in [0.5, 0.6) is 0 Å². The number of hydrogen-bond donors (Lipinski definition) is 1. The minimum Gasteiger partial charge on any atom is -0.313 e. The predicted octanol–water partition coefficient (Wildman–Crippen LogP) is -0.0942. The molecule has 3 amide bonds. The number of carbonyl (C=O) groups is 3. The summed E-state index contributed by atoms with van der Waals surface area (Å²) >= 11 is 0. The molecule has 1 aliphatic heterocycles. The van der Waals surface area contributed by atoms with Crippen LogP contribution in [0.2, 0.25) is 0 Å². The Morgan fingerprint density at radius 1 is 1.57 bits per heavy atom. The van der Waals surface area contributed by atoms with Crippen LogP contribution in [-0.4, -0.2) is 35.7 Å². The van der Waals surface area contributed by atoms with Gasteiger partial charge in [-0.3, -0.25) is 10.1 Å². The summed E-state index contributed by atoms with van der Waals surface area (Å²) in [5.41, 5.74) is -0.747. The fraction of sp³-hybridized carbons (Fsp3) is 0.667. The molecule has 2 fully saturated rings. The number of nitrogens with one attached hydrogen (secondary N) is 1. The largest absolute Gasteiger partial charge is 0.324 e. The van der Waals surface area contributed by atoms with Gasteiger partial charge in [0, 0.05) is 13.0 Å². The molecule has 1 saturated heterocycles. The van der Waals surface area contributed by atoms with Crippen LogP contribution in [0.3, 0.4) is 0 Å². The highest BCUT2D eigenvalue weighted by Crippen LogP contribution is 2.40. The summed E-state index contributed by atoms with van der Waals surface area (Å²) in [5, 5.41) is 2.28. The smallest absolute Gasteiger partial charge is 0.313 e. The van der Waals surface area contributed by atoms with Crippen molar-refractivity contribution in [3.63, 3.8) is 0 Å². The Balaban J connectivity index is 2.28. The van der Waals surface area contributed by atoms with Gasteiger partial charge in [0.05, 0.1) is 0 Å². The van der Waals surface area contributed by atoms with E-state index < -0.39 is 5.54 Å². The monoisotopic (exact) mass is 196 g/mol. The van der Waals surface area contributed by atoms with Crippen LogP contribution in [-0.2, 0) is 9.59 Å². The molecule has 0 bridgehead atoms. The summed E-state index contributed by atoms with van der Waals surface area (Å²) in [6.45, 7) is 0. The van der Waals surface area contributed by atoms with Crippen molar-refractivity contribution in [2.45, 2.75) is 24.8 Å². The third kappa shape index (κ3) is 0.981. The number of amides is 3. The Morgan fingerprint density at radius 2 is 2.29 bits per heavy atom. The average molecular weight is 196 g/mol. The van der Waals surface area contributed by atoms with Crippen LogP contribution in [0.1, 0.15) is 19.3 Å². The number of rotatable bonds is 1. The zero-order chi connectivity index (χ0) is 10.3. The van der Waals surface area contributed by atoms with E-state index in [4.69, 9.17) is 0 Å². The standard InChI is InChI=1S/C9H12N2O3/c1-11-8(14)10-7(13)9(11)3-2-6(4-9)5-12/h5-6H,2-4H2,1H3,(H,10,13,14). The van der Waals surface area contributed by atoms with Crippen molar-refractivity contribution in [1.82, 2.24) is 10.2 Å². The maximum absolute atomic E-state index is 11.6. The molecule has 14 heavy (non-hydrogen) atoms. The highest BCUT2D eigenvalue weighted by Gasteiger charge is 2.54. The van der Waals surface area contributed by atoms with Gasteiger partial charge in [0.2, 0.25) is 0 Å². The Morgan fingerprint density at radius 3 is 2.71 bits per heavy atom. The Kier molecular flexibility index (Phi) is 1.83. The van der Waals surface area contributed by atoms with Gasteiger partial charge in [-0.15, -0.1) is 0 Å². The first kappa shape index (κ1) is 9.18. The van der Waals surface area contributed by atoms with E-state index >= 15 is 0 Å². The van der Waals surface area contributed by atoms with Crippen LogP contribution in [0.4, 0.5) is 4.79 Å². The van der Waals surface area contributed by atoms with Crippen LogP contribution in [0, 0.1) is 5.92 Å². The molecule has 1 N–H and O–H groups in total. The molecule has 2 aliphatic rings. The highest BCUT2D eigenvalue weighted by atomic mass is 16.2. The van der Waals surface area contributed by atoms with Crippen molar-refractivity contribution in [3.05, 3.63) is 0 Å². The summed E-state index contributed by atoms with van der Waals surface area (Å²) in [6, 6.07) is -0.360. The topological polar surface area (TPSA) is 66.5 Å². The van der Waals surface area contributed by atoms with Crippen LogP contribution in [0.15, 0.2) is 0 Å². The van der Waals surface area contributed by atoms with Gasteiger partial charge in [0.25, 0.3) is 5.91 Å². The highest BCUT2D eigenvalue weighted by molar-refractivity contribution is 6.07. The fourth-order valence-corrected chi connectivity index (χ4v) is 2.33. The zero-order valence-electron chi connectivity index (χ0n) is 7.95. The summed E-state index contributed by atoms with van der Waals surface area (Å²) in [7, 11) is 1.60. The molecule has 1 aliphatic carbocycles. The SMILES string of the molecule is CN1C(=O)NC(=O)C12CCC(C=O)C2. The Labute approximate surface area is 81.4 Å². The minimum atomic E-state index is -0.747. The third-order valence-corrected chi connectivity index (χ3v) is 3.31. The molecular weight excluding hydrogens is 184 g/mol. The lowest BCUT2D eigenvalue weighted by molar-refractivity contribution is -0.126. The lowest BCUT2D eigenvalue weighted by Gasteiger charge is -2.27. The fourth-order valence-electron chi connectivity index (χ4n) is 2.33. The number of hydrogen-bond acceptors (Lipinski definition) is 3. The summed E-state index contributed by atoms with van der Waals surface area (Å²) in [4.78, 5) is 34.9.